The number of hydrogen-bond acceptors (Lipinski definition) is 5. The second kappa shape index (κ2) is 10.4. The maximum absolute atomic E-state index is 12.9. The van der Waals surface area contributed by atoms with E-state index >= 15 is 0 Å². The van der Waals surface area contributed by atoms with Gasteiger partial charge in [-0.15, -0.1) is 0 Å². The van der Waals surface area contributed by atoms with Crippen LogP contribution in [0.1, 0.15) is 31.0 Å². The summed E-state index contributed by atoms with van der Waals surface area (Å²) in [7, 11) is 1.59. The Hall–Kier alpha value is -2.64. The van der Waals surface area contributed by atoms with Gasteiger partial charge in [0.1, 0.15) is 0 Å². The summed E-state index contributed by atoms with van der Waals surface area (Å²) in [6.07, 6.45) is 0.987. The molecule has 7 heteroatoms. The van der Waals surface area contributed by atoms with E-state index in [9.17, 15) is 9.59 Å². The Kier molecular flexibility index (Phi) is 7.65. The number of carbonyl (C=O) groups excluding carboxylic acids is 1. The SMILES string of the molecule is CCc1ccc([C@H](C)NC(=O)CSc2nc3ccccc3c(=O)n2CCOC)cc1. The van der Waals surface area contributed by atoms with Crippen molar-refractivity contribution in [3.05, 3.63) is 70.0 Å². The van der Waals surface area contributed by atoms with Crippen LogP contribution in [0.25, 0.3) is 10.9 Å². The van der Waals surface area contributed by atoms with Gasteiger partial charge in [0.05, 0.1) is 35.8 Å². The number of aromatic nitrogens is 2. The molecule has 1 N–H and O–H groups in total. The molecule has 0 bridgehead atoms. The molecule has 158 valence electrons. The number of thioether (sulfide) groups is 1. The van der Waals surface area contributed by atoms with Gasteiger partial charge in [0.2, 0.25) is 5.91 Å². The largest absolute Gasteiger partial charge is 0.383 e. The molecule has 0 aliphatic rings. The minimum Gasteiger partial charge on any atom is -0.383 e. The predicted octanol–water partition coefficient (Wildman–Crippen LogP) is 3.57. The van der Waals surface area contributed by atoms with Crippen molar-refractivity contribution in [2.45, 2.75) is 38.0 Å². The number of fused-ring (bicyclic) bond motifs is 1. The first-order chi connectivity index (χ1) is 14.5. The number of hydrogen-bond donors (Lipinski definition) is 1. The zero-order valence-electron chi connectivity index (χ0n) is 17.6. The highest BCUT2D eigenvalue weighted by Gasteiger charge is 2.15. The predicted molar refractivity (Wildman–Crippen MR) is 121 cm³/mol. The van der Waals surface area contributed by atoms with Gasteiger partial charge < -0.3 is 10.1 Å². The Bertz CT molecular complexity index is 1060. The second-order valence-corrected chi connectivity index (χ2v) is 7.98. The minimum absolute atomic E-state index is 0.0933. The molecule has 2 aromatic carbocycles. The average molecular weight is 426 g/mol. The van der Waals surface area contributed by atoms with E-state index in [1.807, 2.05) is 37.3 Å². The van der Waals surface area contributed by atoms with Crippen molar-refractivity contribution < 1.29 is 9.53 Å². The van der Waals surface area contributed by atoms with E-state index in [1.165, 1.54) is 17.3 Å². The van der Waals surface area contributed by atoms with Crippen molar-refractivity contribution in [1.82, 2.24) is 14.9 Å². The molecule has 0 radical (unpaired) electrons. The summed E-state index contributed by atoms with van der Waals surface area (Å²) in [4.78, 5) is 30.0. The normalized spacial score (nSPS) is 12.1. The maximum Gasteiger partial charge on any atom is 0.262 e. The van der Waals surface area contributed by atoms with Gasteiger partial charge >= 0.3 is 0 Å². The van der Waals surface area contributed by atoms with Crippen LogP contribution in [0.15, 0.2) is 58.5 Å². The Balaban J connectivity index is 1.72. The third-order valence-corrected chi connectivity index (χ3v) is 5.92. The van der Waals surface area contributed by atoms with Gasteiger partial charge in [-0.25, -0.2) is 4.98 Å². The first-order valence-electron chi connectivity index (χ1n) is 10.0. The lowest BCUT2D eigenvalue weighted by Crippen LogP contribution is -2.29. The van der Waals surface area contributed by atoms with Gasteiger partial charge in [-0.3, -0.25) is 14.2 Å². The van der Waals surface area contributed by atoms with E-state index in [2.05, 4.69) is 29.4 Å². The average Bonchev–Trinajstić information content (AvgIpc) is 2.77. The van der Waals surface area contributed by atoms with Crippen molar-refractivity contribution in [3.63, 3.8) is 0 Å². The summed E-state index contributed by atoms with van der Waals surface area (Å²) in [6, 6.07) is 15.4. The summed E-state index contributed by atoms with van der Waals surface area (Å²) in [5.74, 6) is 0.0718. The van der Waals surface area contributed by atoms with Crippen LogP contribution in [-0.4, -0.2) is 34.9 Å². The van der Waals surface area contributed by atoms with Gasteiger partial charge in [-0.05, 0) is 36.6 Å². The third kappa shape index (κ3) is 5.29. The lowest BCUT2D eigenvalue weighted by molar-refractivity contribution is -0.119. The number of aryl methyl sites for hydroxylation is 1. The van der Waals surface area contributed by atoms with Gasteiger partial charge in [-0.2, -0.15) is 0 Å². The molecule has 1 heterocycles. The van der Waals surface area contributed by atoms with E-state index < -0.39 is 0 Å². The van der Waals surface area contributed by atoms with E-state index in [0.717, 1.165) is 12.0 Å². The van der Waals surface area contributed by atoms with E-state index in [0.29, 0.717) is 29.2 Å². The van der Waals surface area contributed by atoms with Crippen molar-refractivity contribution in [3.8, 4) is 0 Å². The van der Waals surface area contributed by atoms with Gasteiger partial charge in [0.25, 0.3) is 5.56 Å². The summed E-state index contributed by atoms with van der Waals surface area (Å²) < 4.78 is 6.72. The first kappa shape index (κ1) is 22.1. The number of para-hydroxylation sites is 1. The van der Waals surface area contributed by atoms with Crippen LogP contribution >= 0.6 is 11.8 Å². The lowest BCUT2D eigenvalue weighted by Gasteiger charge is -2.16. The molecule has 3 aromatic rings. The quantitative estimate of drug-likeness (QED) is 0.419. The van der Waals surface area contributed by atoms with Crippen molar-refractivity contribution in [2.75, 3.05) is 19.5 Å². The van der Waals surface area contributed by atoms with Gasteiger partial charge in [0.15, 0.2) is 5.16 Å². The van der Waals surface area contributed by atoms with Crippen LogP contribution in [-0.2, 0) is 22.5 Å². The number of methoxy groups -OCH3 is 1. The van der Waals surface area contributed by atoms with E-state index in [1.54, 1.807) is 17.7 Å². The number of nitrogens with one attached hydrogen (secondary N) is 1. The van der Waals surface area contributed by atoms with Crippen LogP contribution < -0.4 is 10.9 Å². The molecule has 1 atom stereocenters. The topological polar surface area (TPSA) is 73.2 Å². The molecule has 0 saturated heterocycles. The Morgan fingerprint density at radius 1 is 1.20 bits per heavy atom. The Labute approximate surface area is 180 Å². The number of nitrogens with zero attached hydrogens (tertiary/aromatic N) is 2. The van der Waals surface area contributed by atoms with Crippen molar-refractivity contribution >= 4 is 28.6 Å². The first-order valence-corrected chi connectivity index (χ1v) is 11.0. The number of benzene rings is 2. The van der Waals surface area contributed by atoms with Gasteiger partial charge in [-0.1, -0.05) is 55.1 Å². The molecule has 0 unspecified atom stereocenters. The summed E-state index contributed by atoms with van der Waals surface area (Å²) in [6.45, 7) is 4.86. The van der Waals surface area contributed by atoms with Crippen LogP contribution in [0.5, 0.6) is 0 Å². The highest BCUT2D eigenvalue weighted by atomic mass is 32.2. The Morgan fingerprint density at radius 3 is 2.63 bits per heavy atom. The zero-order chi connectivity index (χ0) is 21.5. The summed E-state index contributed by atoms with van der Waals surface area (Å²) in [5.41, 5.74) is 2.84. The molecular formula is C23H27N3O3S. The number of amides is 1. The number of ether oxygens (including phenoxy) is 1. The standard InChI is InChI=1S/C23H27N3O3S/c1-4-17-9-11-18(12-10-17)16(2)24-21(27)15-30-23-25-20-8-6-5-7-19(20)22(28)26(23)13-14-29-3/h5-12,16H,4,13-15H2,1-3H3,(H,24,27)/t16-/m0/s1. The molecule has 30 heavy (non-hydrogen) atoms. The summed E-state index contributed by atoms with van der Waals surface area (Å²) >= 11 is 1.26. The van der Waals surface area contributed by atoms with Crippen LogP contribution in [0.3, 0.4) is 0 Å². The fourth-order valence-corrected chi connectivity index (χ4v) is 4.01. The number of carbonyl (C=O) groups is 1. The second-order valence-electron chi connectivity index (χ2n) is 7.03. The molecule has 0 aliphatic carbocycles. The van der Waals surface area contributed by atoms with E-state index in [4.69, 9.17) is 4.74 Å². The zero-order valence-corrected chi connectivity index (χ0v) is 18.4. The molecule has 0 spiro atoms. The molecule has 6 nitrogen and oxygen atoms in total. The molecule has 1 aromatic heterocycles. The lowest BCUT2D eigenvalue weighted by atomic mass is 10.1. The molecule has 0 fully saturated rings. The fraction of sp³-hybridized carbons (Fsp3) is 0.348. The molecule has 0 aliphatic heterocycles. The smallest absolute Gasteiger partial charge is 0.262 e. The molecule has 3 rings (SSSR count). The minimum atomic E-state index is -0.120. The van der Waals surface area contributed by atoms with Crippen LogP contribution in [0.4, 0.5) is 0 Å². The van der Waals surface area contributed by atoms with Crippen LogP contribution in [0.2, 0.25) is 0 Å². The molecular weight excluding hydrogens is 398 g/mol. The van der Waals surface area contributed by atoms with Gasteiger partial charge in [0, 0.05) is 7.11 Å². The molecule has 1 amide bonds. The highest BCUT2D eigenvalue weighted by molar-refractivity contribution is 7.99. The maximum atomic E-state index is 12.9. The highest BCUT2D eigenvalue weighted by Crippen LogP contribution is 2.19. The van der Waals surface area contributed by atoms with Crippen LogP contribution in [0, 0.1) is 0 Å². The third-order valence-electron chi connectivity index (χ3n) is 4.94. The molecule has 0 saturated carbocycles. The summed E-state index contributed by atoms with van der Waals surface area (Å²) in [5, 5.41) is 4.10. The van der Waals surface area contributed by atoms with E-state index in [-0.39, 0.29) is 23.3 Å². The Morgan fingerprint density at radius 2 is 1.93 bits per heavy atom. The fourth-order valence-electron chi connectivity index (χ4n) is 3.18. The monoisotopic (exact) mass is 425 g/mol. The number of rotatable bonds is 9. The van der Waals surface area contributed by atoms with Crippen molar-refractivity contribution in [1.29, 1.82) is 0 Å². The van der Waals surface area contributed by atoms with Crippen molar-refractivity contribution in [2.24, 2.45) is 0 Å².